The topological polar surface area (TPSA) is 89.5 Å². The van der Waals surface area contributed by atoms with Crippen LogP contribution in [0.15, 0.2) is 24.3 Å². The molecule has 0 unspecified atom stereocenters. The first-order valence-electron chi connectivity index (χ1n) is 10.9. The monoisotopic (exact) mass is 472 g/mol. The van der Waals surface area contributed by atoms with Gasteiger partial charge in [0.1, 0.15) is 6.61 Å². The fourth-order valence-corrected chi connectivity index (χ4v) is 3.69. The van der Waals surface area contributed by atoms with Crippen LogP contribution in [0.4, 0.5) is 0 Å². The van der Waals surface area contributed by atoms with E-state index in [-0.39, 0.29) is 19.5 Å². The zero-order valence-corrected chi connectivity index (χ0v) is 20.6. The Morgan fingerprint density at radius 2 is 1.03 bits per heavy atom. The molecule has 0 fully saturated rings. The summed E-state index contributed by atoms with van der Waals surface area (Å²) < 4.78 is 10.5. The molecule has 0 aliphatic carbocycles. The summed E-state index contributed by atoms with van der Waals surface area (Å²) in [5.74, 6) is -1.43. The molecule has 184 valence electrons. The molecular formula is C26H32O8. The Kier molecular flexibility index (Phi) is 10.7. The van der Waals surface area contributed by atoms with Crippen LogP contribution in [0, 0.1) is 54.8 Å². The Morgan fingerprint density at radius 3 is 1.41 bits per heavy atom. The van der Waals surface area contributed by atoms with Crippen LogP contribution in [0.5, 0.6) is 0 Å². The number of rotatable bonds is 12. The summed E-state index contributed by atoms with van der Waals surface area (Å²) in [6.07, 6.45) is -0.360. The van der Waals surface area contributed by atoms with Crippen molar-refractivity contribution in [2.24, 2.45) is 0 Å². The van der Waals surface area contributed by atoms with Gasteiger partial charge in [0.25, 0.3) is 0 Å². The molecule has 2 aromatic carbocycles. The molecule has 0 saturated heterocycles. The maximum Gasteiger partial charge on any atom is 0.373 e. The van der Waals surface area contributed by atoms with Crippen LogP contribution < -0.4 is 0 Å². The third-order valence-electron chi connectivity index (χ3n) is 4.92. The molecule has 2 rings (SSSR count). The molecular weight excluding hydrogens is 440 g/mol. The van der Waals surface area contributed by atoms with Crippen LogP contribution in [-0.2, 0) is 29.0 Å². The highest BCUT2D eigenvalue weighted by Gasteiger charge is 2.24. The molecule has 0 amide bonds. The van der Waals surface area contributed by atoms with E-state index in [4.69, 9.17) is 29.0 Å². The van der Waals surface area contributed by atoms with Crippen molar-refractivity contribution < 1.29 is 38.6 Å². The molecule has 0 aliphatic heterocycles. The second-order valence-corrected chi connectivity index (χ2v) is 7.99. The molecule has 0 aliphatic rings. The summed E-state index contributed by atoms with van der Waals surface area (Å²) in [5, 5.41) is 0. The lowest BCUT2D eigenvalue weighted by molar-refractivity contribution is -0.368. The number of hydrogen-bond acceptors (Lipinski definition) is 8. The van der Waals surface area contributed by atoms with Crippen LogP contribution in [0.25, 0.3) is 0 Å². The first-order chi connectivity index (χ1) is 16.1. The number of carbonyl (C=O) groups excluding carboxylic acids is 2. The molecule has 0 aromatic heterocycles. The van der Waals surface area contributed by atoms with Crippen molar-refractivity contribution in [3.63, 3.8) is 0 Å². The highest BCUT2D eigenvalue weighted by molar-refractivity contribution is 5.93. The molecule has 34 heavy (non-hydrogen) atoms. The Bertz CT molecular complexity index is 879. The van der Waals surface area contributed by atoms with E-state index in [0.717, 1.165) is 33.4 Å². The fraction of sp³-hybridized carbons (Fsp3) is 0.385. The number of carbonyl (C=O) groups is 2. The normalized spacial score (nSPS) is 11.1. The quantitative estimate of drug-likeness (QED) is 0.248. The second-order valence-electron chi connectivity index (χ2n) is 7.99. The van der Waals surface area contributed by atoms with E-state index in [9.17, 15) is 9.59 Å². The average Bonchev–Trinajstić information content (AvgIpc) is 2.73. The Balaban J connectivity index is 2.04. The molecule has 0 saturated carbocycles. The molecule has 8 heteroatoms. The van der Waals surface area contributed by atoms with Crippen LogP contribution in [0.2, 0.25) is 0 Å². The van der Waals surface area contributed by atoms with Gasteiger partial charge in [-0.3, -0.25) is 9.78 Å². The van der Waals surface area contributed by atoms with Gasteiger partial charge in [0.2, 0.25) is 0 Å². The minimum Gasteiger partial charge on any atom is -0.379 e. The lowest BCUT2D eigenvalue weighted by Crippen LogP contribution is -2.22. The summed E-state index contributed by atoms with van der Waals surface area (Å²) in [6, 6.07) is 7.46. The highest BCUT2D eigenvalue weighted by Crippen LogP contribution is 2.21. The predicted molar refractivity (Wildman–Crippen MR) is 125 cm³/mol. The van der Waals surface area contributed by atoms with Crippen LogP contribution in [-0.4, -0.2) is 38.4 Å². The third-order valence-corrected chi connectivity index (χ3v) is 4.92. The van der Waals surface area contributed by atoms with Gasteiger partial charge < -0.3 is 9.47 Å². The summed E-state index contributed by atoms with van der Waals surface area (Å²) in [6.45, 7) is 15.2. The van der Waals surface area contributed by atoms with E-state index in [2.05, 4.69) is 6.92 Å². The molecule has 8 nitrogen and oxygen atoms in total. The SMILES string of the molecule is [CH2]COCCOC[C](OOC(=O)c1c(C)cc(C)cc1C)OOC(=O)c1c(C)cc(C)cc1C. The second kappa shape index (κ2) is 13.2. The summed E-state index contributed by atoms with van der Waals surface area (Å²) in [4.78, 5) is 45.2. The highest BCUT2D eigenvalue weighted by atomic mass is 17.3. The fourth-order valence-electron chi connectivity index (χ4n) is 3.69. The van der Waals surface area contributed by atoms with Gasteiger partial charge >= 0.3 is 18.2 Å². The van der Waals surface area contributed by atoms with Crippen molar-refractivity contribution >= 4 is 11.9 Å². The number of hydrogen-bond donors (Lipinski definition) is 0. The lowest BCUT2D eigenvalue weighted by Gasteiger charge is -2.16. The van der Waals surface area contributed by atoms with Gasteiger partial charge in [0, 0.05) is 6.61 Å². The molecule has 2 radical (unpaired) electrons. The number of benzene rings is 2. The van der Waals surface area contributed by atoms with Crippen LogP contribution in [0.1, 0.15) is 54.1 Å². The largest absolute Gasteiger partial charge is 0.379 e. The minimum absolute atomic E-state index is 0.194. The summed E-state index contributed by atoms with van der Waals surface area (Å²) >= 11 is 0. The summed E-state index contributed by atoms with van der Waals surface area (Å²) in [7, 11) is 0. The maximum absolute atomic E-state index is 12.6. The van der Waals surface area contributed by atoms with Crippen molar-refractivity contribution in [3.8, 4) is 0 Å². The average molecular weight is 473 g/mol. The van der Waals surface area contributed by atoms with Crippen LogP contribution >= 0.6 is 0 Å². The standard InChI is InChI=1S/C26H32O8/c1-8-29-9-10-30-15-22(31-33-25(27)23-18(4)11-16(2)12-19(23)5)32-34-26(28)24-20(6)13-17(3)14-21(24)7/h11-14H,1,8-10,15H2,2-7H3. The van der Waals surface area contributed by atoms with Gasteiger partial charge in [-0.15, -0.1) is 9.78 Å². The Hall–Kier alpha value is -2.78. The van der Waals surface area contributed by atoms with E-state index in [0.29, 0.717) is 24.3 Å². The van der Waals surface area contributed by atoms with Gasteiger partial charge in [-0.1, -0.05) is 35.4 Å². The van der Waals surface area contributed by atoms with E-state index in [1.165, 1.54) is 0 Å². The molecule has 0 spiro atoms. The smallest absolute Gasteiger partial charge is 0.373 e. The van der Waals surface area contributed by atoms with Gasteiger partial charge in [-0.05, 0) is 70.7 Å². The van der Waals surface area contributed by atoms with Crippen LogP contribution in [0.3, 0.4) is 0 Å². The van der Waals surface area contributed by atoms with Gasteiger partial charge in [-0.2, -0.15) is 0 Å². The predicted octanol–water partition coefficient (Wildman–Crippen LogP) is 4.77. The molecule has 0 N–H and O–H groups in total. The van der Waals surface area contributed by atoms with E-state index in [1.54, 1.807) is 27.7 Å². The van der Waals surface area contributed by atoms with Gasteiger partial charge in [0.05, 0.1) is 24.3 Å². The van der Waals surface area contributed by atoms with Crippen molar-refractivity contribution in [2.45, 2.75) is 41.5 Å². The first-order valence-corrected chi connectivity index (χ1v) is 10.9. The first kappa shape index (κ1) is 27.5. The number of ether oxygens (including phenoxy) is 2. The van der Waals surface area contributed by atoms with Crippen molar-refractivity contribution in [1.82, 2.24) is 0 Å². The molecule has 0 atom stereocenters. The van der Waals surface area contributed by atoms with Crippen molar-refractivity contribution in [1.29, 1.82) is 0 Å². The van der Waals surface area contributed by atoms with Gasteiger partial charge in [-0.25, -0.2) is 9.59 Å². The molecule has 0 heterocycles. The lowest BCUT2D eigenvalue weighted by atomic mass is 10.0. The zero-order valence-electron chi connectivity index (χ0n) is 20.6. The Morgan fingerprint density at radius 1 is 0.647 bits per heavy atom. The van der Waals surface area contributed by atoms with Crippen molar-refractivity contribution in [2.75, 3.05) is 26.4 Å². The van der Waals surface area contributed by atoms with Gasteiger partial charge in [0.15, 0.2) is 0 Å². The number of aryl methyl sites for hydroxylation is 6. The Labute approximate surface area is 200 Å². The molecule has 0 bridgehead atoms. The van der Waals surface area contributed by atoms with E-state index < -0.39 is 11.9 Å². The summed E-state index contributed by atoms with van der Waals surface area (Å²) in [5.41, 5.74) is 5.76. The van der Waals surface area contributed by atoms with E-state index >= 15 is 0 Å². The minimum atomic E-state index is -0.715. The van der Waals surface area contributed by atoms with Crippen molar-refractivity contribution in [3.05, 3.63) is 82.0 Å². The third kappa shape index (κ3) is 7.92. The van der Waals surface area contributed by atoms with E-state index in [1.807, 2.05) is 38.1 Å². The maximum atomic E-state index is 12.6. The zero-order chi connectivity index (χ0) is 25.3. The molecule has 2 aromatic rings.